The second-order valence-corrected chi connectivity index (χ2v) is 3.36. The molecular weight excluding hydrogens is 235 g/mol. The van der Waals surface area contributed by atoms with E-state index in [1.165, 1.54) is 0 Å². The van der Waals surface area contributed by atoms with Gasteiger partial charge in [-0.05, 0) is 30.0 Å². The number of aromatic hydroxyl groups is 1. The lowest BCUT2D eigenvalue weighted by atomic mass is 9.97. The number of hydrogen-bond donors (Lipinski definition) is 3. The van der Waals surface area contributed by atoms with E-state index in [2.05, 4.69) is 13.8 Å². The first-order chi connectivity index (χ1) is 6.06. The van der Waals surface area contributed by atoms with Crippen LogP contribution in [0.1, 0.15) is 31.7 Å². The molecule has 5 N–H and O–H groups in total. The maximum Gasteiger partial charge on any atom is 0.161 e. The van der Waals surface area contributed by atoms with E-state index in [9.17, 15) is 5.11 Å². The molecule has 0 fully saturated rings. The van der Waals surface area contributed by atoms with Crippen molar-refractivity contribution in [3.63, 3.8) is 0 Å². The Morgan fingerprint density at radius 2 is 1.60 bits per heavy atom. The topological polar surface area (TPSA) is 72.3 Å². The summed E-state index contributed by atoms with van der Waals surface area (Å²) >= 11 is 0. The fraction of sp³-hybridized carbons (Fsp3) is 0.400. The first kappa shape index (κ1) is 16.6. The highest BCUT2D eigenvalue weighted by Crippen LogP contribution is 2.32. The molecule has 1 aromatic carbocycles. The Hall–Kier alpha value is -0.800. The summed E-state index contributed by atoms with van der Waals surface area (Å²) in [6.07, 6.45) is 1.03. The Kier molecular flexibility index (Phi) is 7.36. The summed E-state index contributed by atoms with van der Waals surface area (Å²) in [5, 5.41) is 9.34. The minimum Gasteiger partial charge on any atom is -0.504 e. The quantitative estimate of drug-likeness (QED) is 0.560. The van der Waals surface area contributed by atoms with Gasteiger partial charge in [-0.15, -0.1) is 24.8 Å². The van der Waals surface area contributed by atoms with E-state index >= 15 is 0 Å². The van der Waals surface area contributed by atoms with Crippen molar-refractivity contribution < 1.29 is 5.11 Å². The van der Waals surface area contributed by atoms with Gasteiger partial charge in [-0.3, -0.25) is 0 Å². The van der Waals surface area contributed by atoms with Gasteiger partial charge in [-0.25, -0.2) is 0 Å². The second kappa shape index (κ2) is 6.64. The van der Waals surface area contributed by atoms with Crippen LogP contribution < -0.4 is 11.5 Å². The molecule has 0 amide bonds. The van der Waals surface area contributed by atoms with Crippen molar-refractivity contribution in [1.82, 2.24) is 0 Å². The Bertz CT molecular complexity index is 295. The molecule has 0 aliphatic carbocycles. The molecule has 1 unspecified atom stereocenters. The van der Waals surface area contributed by atoms with Crippen molar-refractivity contribution in [2.24, 2.45) is 0 Å². The van der Waals surface area contributed by atoms with Gasteiger partial charge in [0.1, 0.15) is 0 Å². The summed E-state index contributed by atoms with van der Waals surface area (Å²) in [4.78, 5) is 0. The predicted molar refractivity (Wildman–Crippen MR) is 70.1 cm³/mol. The van der Waals surface area contributed by atoms with Crippen LogP contribution in [-0.4, -0.2) is 5.11 Å². The number of halogens is 2. The van der Waals surface area contributed by atoms with Crippen LogP contribution >= 0.6 is 24.8 Å². The molecule has 1 aromatic rings. The van der Waals surface area contributed by atoms with Gasteiger partial charge in [0, 0.05) is 0 Å². The van der Waals surface area contributed by atoms with E-state index in [-0.39, 0.29) is 30.6 Å². The first-order valence-corrected chi connectivity index (χ1v) is 4.44. The second-order valence-electron chi connectivity index (χ2n) is 3.36. The number of nitrogen functional groups attached to an aromatic ring is 2. The Labute approximate surface area is 103 Å². The van der Waals surface area contributed by atoms with Crippen molar-refractivity contribution in [2.45, 2.75) is 26.2 Å². The summed E-state index contributed by atoms with van der Waals surface area (Å²) in [7, 11) is 0. The van der Waals surface area contributed by atoms with Gasteiger partial charge >= 0.3 is 0 Å². The number of hydrogen-bond acceptors (Lipinski definition) is 3. The van der Waals surface area contributed by atoms with Crippen molar-refractivity contribution in [2.75, 3.05) is 11.5 Å². The van der Waals surface area contributed by atoms with E-state index in [1.807, 2.05) is 0 Å². The third kappa shape index (κ3) is 3.68. The van der Waals surface area contributed by atoms with E-state index in [0.29, 0.717) is 17.3 Å². The molecular formula is C10H18Cl2N2O. The zero-order valence-electron chi connectivity index (χ0n) is 8.86. The standard InChI is InChI=1S/C10H16N2O.2ClH/c1-3-6(2)7-4-8(11)10(13)9(12)5-7;;/h4-6,13H,3,11-12H2,1-2H3;2*1H. The smallest absolute Gasteiger partial charge is 0.161 e. The molecule has 1 rings (SSSR count). The lowest BCUT2D eigenvalue weighted by molar-refractivity contribution is 0.480. The van der Waals surface area contributed by atoms with Crippen LogP contribution in [0.3, 0.4) is 0 Å². The monoisotopic (exact) mass is 252 g/mol. The minimum atomic E-state index is -0.00736. The van der Waals surface area contributed by atoms with E-state index in [4.69, 9.17) is 11.5 Å². The van der Waals surface area contributed by atoms with E-state index in [1.54, 1.807) is 12.1 Å². The summed E-state index contributed by atoms with van der Waals surface area (Å²) < 4.78 is 0. The molecule has 0 aliphatic heterocycles. The molecule has 0 aromatic heterocycles. The van der Waals surface area contributed by atoms with Crippen molar-refractivity contribution in [3.8, 4) is 5.75 Å². The van der Waals surface area contributed by atoms with Crippen LogP contribution in [0, 0.1) is 0 Å². The SMILES string of the molecule is CCC(C)c1cc(N)c(O)c(N)c1.Cl.Cl. The fourth-order valence-electron chi connectivity index (χ4n) is 1.22. The van der Waals surface area contributed by atoms with Crippen LogP contribution in [-0.2, 0) is 0 Å². The molecule has 88 valence electrons. The lowest BCUT2D eigenvalue weighted by Gasteiger charge is -2.12. The summed E-state index contributed by atoms with van der Waals surface area (Å²) in [6.45, 7) is 4.20. The van der Waals surface area contributed by atoms with E-state index < -0.39 is 0 Å². The van der Waals surface area contributed by atoms with Gasteiger partial charge in [-0.2, -0.15) is 0 Å². The van der Waals surface area contributed by atoms with Crippen molar-refractivity contribution >= 4 is 36.2 Å². The van der Waals surface area contributed by atoms with Crippen LogP contribution in [0.5, 0.6) is 5.75 Å². The highest BCUT2D eigenvalue weighted by atomic mass is 35.5. The van der Waals surface area contributed by atoms with Gasteiger partial charge in [0.05, 0.1) is 11.4 Å². The number of nitrogens with two attached hydrogens (primary N) is 2. The predicted octanol–water partition coefficient (Wildman–Crippen LogP) is 2.91. The molecule has 1 atom stereocenters. The fourth-order valence-corrected chi connectivity index (χ4v) is 1.22. The highest BCUT2D eigenvalue weighted by Gasteiger charge is 2.08. The number of rotatable bonds is 2. The maximum absolute atomic E-state index is 9.34. The molecule has 0 heterocycles. The Balaban J connectivity index is 0. The van der Waals surface area contributed by atoms with Crippen LogP contribution in [0.4, 0.5) is 11.4 Å². The lowest BCUT2D eigenvalue weighted by Crippen LogP contribution is -1.98. The molecule has 0 saturated heterocycles. The molecule has 0 spiro atoms. The molecule has 3 nitrogen and oxygen atoms in total. The van der Waals surface area contributed by atoms with Gasteiger partial charge in [0.25, 0.3) is 0 Å². The van der Waals surface area contributed by atoms with Crippen LogP contribution in [0.15, 0.2) is 12.1 Å². The zero-order chi connectivity index (χ0) is 10.0. The summed E-state index contributed by atoms with van der Waals surface area (Å²) in [5.74, 6) is 0.414. The maximum atomic E-state index is 9.34. The Morgan fingerprint density at radius 1 is 1.20 bits per heavy atom. The molecule has 0 radical (unpaired) electrons. The minimum absolute atomic E-state index is 0. The third-order valence-electron chi connectivity index (χ3n) is 2.37. The molecule has 15 heavy (non-hydrogen) atoms. The van der Waals surface area contributed by atoms with E-state index in [0.717, 1.165) is 12.0 Å². The van der Waals surface area contributed by atoms with Crippen molar-refractivity contribution in [1.29, 1.82) is 0 Å². The van der Waals surface area contributed by atoms with Crippen LogP contribution in [0.2, 0.25) is 0 Å². The molecule has 0 bridgehead atoms. The van der Waals surface area contributed by atoms with Crippen molar-refractivity contribution in [3.05, 3.63) is 17.7 Å². The normalized spacial score (nSPS) is 11.1. The summed E-state index contributed by atoms with van der Waals surface area (Å²) in [5.41, 5.74) is 13.0. The summed E-state index contributed by atoms with van der Waals surface area (Å²) in [6, 6.07) is 3.56. The van der Waals surface area contributed by atoms with Gasteiger partial charge < -0.3 is 16.6 Å². The zero-order valence-corrected chi connectivity index (χ0v) is 10.5. The first-order valence-electron chi connectivity index (χ1n) is 4.44. The number of benzene rings is 1. The van der Waals surface area contributed by atoms with Gasteiger partial charge in [0.2, 0.25) is 0 Å². The molecule has 5 heteroatoms. The average Bonchev–Trinajstić information content (AvgIpc) is 2.12. The highest BCUT2D eigenvalue weighted by molar-refractivity contribution is 5.85. The Morgan fingerprint density at radius 3 is 1.93 bits per heavy atom. The molecule has 0 saturated carbocycles. The number of anilines is 2. The third-order valence-corrected chi connectivity index (χ3v) is 2.37. The van der Waals surface area contributed by atoms with Gasteiger partial charge in [0.15, 0.2) is 5.75 Å². The molecule has 0 aliphatic rings. The van der Waals surface area contributed by atoms with Gasteiger partial charge in [-0.1, -0.05) is 13.8 Å². The van der Waals surface area contributed by atoms with Crippen LogP contribution in [0.25, 0.3) is 0 Å². The average molecular weight is 253 g/mol. The number of phenolic OH excluding ortho intramolecular Hbond substituents is 1. The largest absolute Gasteiger partial charge is 0.504 e. The number of phenols is 1.